The first-order valence-corrected chi connectivity index (χ1v) is 4.95. The summed E-state index contributed by atoms with van der Waals surface area (Å²) in [5.41, 5.74) is 6.44. The van der Waals surface area contributed by atoms with Crippen LogP contribution in [-0.4, -0.2) is 17.3 Å². The van der Waals surface area contributed by atoms with Crippen LogP contribution in [-0.2, 0) is 0 Å². The van der Waals surface area contributed by atoms with Crippen LogP contribution >= 0.6 is 0 Å². The van der Waals surface area contributed by atoms with Gasteiger partial charge in [0, 0.05) is 0 Å². The van der Waals surface area contributed by atoms with Crippen molar-refractivity contribution in [2.45, 2.75) is 13.0 Å². The molecular formula is C11H13N3O2. The van der Waals surface area contributed by atoms with Gasteiger partial charge in [0.2, 0.25) is 11.7 Å². The Morgan fingerprint density at radius 3 is 2.75 bits per heavy atom. The first-order valence-electron chi connectivity index (χ1n) is 4.95. The van der Waals surface area contributed by atoms with Gasteiger partial charge in [0.1, 0.15) is 5.75 Å². The van der Waals surface area contributed by atoms with Crippen molar-refractivity contribution in [3.63, 3.8) is 0 Å². The maximum atomic E-state index is 5.65. The lowest BCUT2D eigenvalue weighted by atomic mass is 10.2. The van der Waals surface area contributed by atoms with Crippen molar-refractivity contribution in [3.05, 3.63) is 30.2 Å². The summed E-state index contributed by atoms with van der Waals surface area (Å²) in [6.45, 7) is 1.79. The lowest BCUT2D eigenvalue weighted by Crippen LogP contribution is -2.04. The lowest BCUT2D eigenvalue weighted by Gasteiger charge is -2.03. The zero-order chi connectivity index (χ0) is 11.5. The van der Waals surface area contributed by atoms with Crippen molar-refractivity contribution >= 4 is 0 Å². The molecule has 2 aromatic rings. The number of methoxy groups -OCH3 is 1. The highest BCUT2D eigenvalue weighted by molar-refractivity contribution is 5.63. The van der Waals surface area contributed by atoms with E-state index >= 15 is 0 Å². The van der Waals surface area contributed by atoms with Gasteiger partial charge in [0.15, 0.2) is 0 Å². The van der Waals surface area contributed by atoms with E-state index in [1.54, 1.807) is 14.0 Å². The molecule has 2 rings (SSSR count). The maximum absolute atomic E-state index is 5.65. The number of nitrogens with zero attached hydrogens (tertiary/aromatic N) is 2. The fourth-order valence-electron chi connectivity index (χ4n) is 1.36. The van der Waals surface area contributed by atoms with E-state index in [0.29, 0.717) is 17.5 Å². The van der Waals surface area contributed by atoms with E-state index in [-0.39, 0.29) is 6.04 Å². The maximum Gasteiger partial charge on any atom is 0.243 e. The van der Waals surface area contributed by atoms with Crippen molar-refractivity contribution in [2.24, 2.45) is 5.73 Å². The zero-order valence-corrected chi connectivity index (χ0v) is 9.18. The van der Waals surface area contributed by atoms with Gasteiger partial charge < -0.3 is 15.0 Å². The number of hydrogen-bond acceptors (Lipinski definition) is 5. The first kappa shape index (κ1) is 10.6. The van der Waals surface area contributed by atoms with Crippen LogP contribution in [0.3, 0.4) is 0 Å². The van der Waals surface area contributed by atoms with Crippen molar-refractivity contribution < 1.29 is 9.26 Å². The second-order valence-corrected chi connectivity index (χ2v) is 3.45. The van der Waals surface area contributed by atoms with Crippen molar-refractivity contribution in [3.8, 4) is 17.1 Å². The molecule has 0 saturated heterocycles. The predicted octanol–water partition coefficient (Wildman–Crippen LogP) is 1.76. The Labute approximate surface area is 93.2 Å². The van der Waals surface area contributed by atoms with Gasteiger partial charge in [-0.25, -0.2) is 0 Å². The van der Waals surface area contributed by atoms with Crippen LogP contribution in [0.1, 0.15) is 18.9 Å². The molecule has 0 unspecified atom stereocenters. The lowest BCUT2D eigenvalue weighted by molar-refractivity contribution is 0.361. The van der Waals surface area contributed by atoms with Crippen molar-refractivity contribution in [1.29, 1.82) is 0 Å². The van der Waals surface area contributed by atoms with E-state index in [9.17, 15) is 0 Å². The van der Waals surface area contributed by atoms with Gasteiger partial charge in [-0.15, -0.1) is 0 Å². The molecule has 0 spiro atoms. The van der Waals surface area contributed by atoms with Gasteiger partial charge in [-0.3, -0.25) is 0 Å². The second kappa shape index (κ2) is 4.32. The van der Waals surface area contributed by atoms with Gasteiger partial charge in [-0.1, -0.05) is 17.3 Å². The fourth-order valence-corrected chi connectivity index (χ4v) is 1.36. The van der Waals surface area contributed by atoms with E-state index < -0.39 is 0 Å². The smallest absolute Gasteiger partial charge is 0.243 e. The Balaban J connectivity index is 2.42. The Bertz CT molecular complexity index is 480. The molecule has 0 bridgehead atoms. The van der Waals surface area contributed by atoms with E-state index in [2.05, 4.69) is 10.1 Å². The van der Waals surface area contributed by atoms with Gasteiger partial charge in [-0.2, -0.15) is 4.98 Å². The van der Waals surface area contributed by atoms with Crippen LogP contribution in [0.25, 0.3) is 11.4 Å². The summed E-state index contributed by atoms with van der Waals surface area (Å²) in [6.07, 6.45) is 0. The number of benzene rings is 1. The van der Waals surface area contributed by atoms with Crippen LogP contribution in [0.4, 0.5) is 0 Å². The highest BCUT2D eigenvalue weighted by Gasteiger charge is 2.14. The molecule has 0 amide bonds. The van der Waals surface area contributed by atoms with Gasteiger partial charge in [-0.05, 0) is 19.1 Å². The molecule has 84 valence electrons. The van der Waals surface area contributed by atoms with Gasteiger partial charge >= 0.3 is 0 Å². The Hall–Kier alpha value is -1.88. The topological polar surface area (TPSA) is 74.2 Å². The molecule has 1 atom stereocenters. The summed E-state index contributed by atoms with van der Waals surface area (Å²) in [7, 11) is 1.60. The third-order valence-electron chi connectivity index (χ3n) is 2.18. The van der Waals surface area contributed by atoms with Crippen LogP contribution < -0.4 is 10.5 Å². The number of para-hydroxylation sites is 1. The van der Waals surface area contributed by atoms with Crippen LogP contribution in [0.2, 0.25) is 0 Å². The molecule has 0 saturated carbocycles. The summed E-state index contributed by atoms with van der Waals surface area (Å²) in [6, 6.07) is 7.22. The average molecular weight is 219 g/mol. The number of aromatic nitrogens is 2. The highest BCUT2D eigenvalue weighted by atomic mass is 16.5. The minimum absolute atomic E-state index is 0.268. The molecule has 2 N–H and O–H groups in total. The van der Waals surface area contributed by atoms with E-state index in [1.807, 2.05) is 24.3 Å². The average Bonchev–Trinajstić information content (AvgIpc) is 2.78. The van der Waals surface area contributed by atoms with E-state index in [1.165, 1.54) is 0 Å². The summed E-state index contributed by atoms with van der Waals surface area (Å²) in [5.74, 6) is 1.62. The predicted molar refractivity (Wildman–Crippen MR) is 58.9 cm³/mol. The molecule has 5 heteroatoms. The van der Waals surface area contributed by atoms with E-state index in [0.717, 1.165) is 5.56 Å². The highest BCUT2D eigenvalue weighted by Crippen LogP contribution is 2.27. The molecule has 1 heterocycles. The van der Waals surface area contributed by atoms with Crippen LogP contribution in [0.15, 0.2) is 28.8 Å². The number of rotatable bonds is 3. The van der Waals surface area contributed by atoms with Gasteiger partial charge in [0.05, 0.1) is 18.7 Å². The summed E-state index contributed by atoms with van der Waals surface area (Å²) in [5, 5.41) is 3.87. The quantitative estimate of drug-likeness (QED) is 0.851. The summed E-state index contributed by atoms with van der Waals surface area (Å²) in [4.78, 5) is 4.21. The minimum Gasteiger partial charge on any atom is -0.496 e. The zero-order valence-electron chi connectivity index (χ0n) is 9.18. The molecule has 0 aliphatic rings. The molecule has 5 nitrogen and oxygen atoms in total. The molecule has 16 heavy (non-hydrogen) atoms. The standard InChI is InChI=1S/C11H13N3O2/c1-7(12)11-13-10(14-16-11)8-5-3-4-6-9(8)15-2/h3-7H,12H2,1-2H3/t7-/m1/s1. The number of nitrogens with two attached hydrogens (primary N) is 1. The molecular weight excluding hydrogens is 206 g/mol. The molecule has 1 aromatic heterocycles. The monoisotopic (exact) mass is 219 g/mol. The second-order valence-electron chi connectivity index (χ2n) is 3.45. The minimum atomic E-state index is -0.268. The Kier molecular flexibility index (Phi) is 2.87. The third kappa shape index (κ3) is 1.90. The van der Waals surface area contributed by atoms with Crippen molar-refractivity contribution in [2.75, 3.05) is 7.11 Å². The molecule has 0 fully saturated rings. The molecule has 0 aliphatic carbocycles. The number of hydrogen-bond donors (Lipinski definition) is 1. The van der Waals surface area contributed by atoms with E-state index in [4.69, 9.17) is 15.0 Å². The molecule has 0 radical (unpaired) electrons. The fraction of sp³-hybridized carbons (Fsp3) is 0.273. The summed E-state index contributed by atoms with van der Waals surface area (Å²) >= 11 is 0. The Morgan fingerprint density at radius 2 is 2.12 bits per heavy atom. The van der Waals surface area contributed by atoms with Crippen molar-refractivity contribution in [1.82, 2.24) is 10.1 Å². The third-order valence-corrected chi connectivity index (χ3v) is 2.18. The largest absolute Gasteiger partial charge is 0.496 e. The van der Waals surface area contributed by atoms with Gasteiger partial charge in [0.25, 0.3) is 0 Å². The Morgan fingerprint density at radius 1 is 1.38 bits per heavy atom. The summed E-state index contributed by atoms with van der Waals surface area (Å²) < 4.78 is 10.3. The van der Waals surface area contributed by atoms with Crippen LogP contribution in [0.5, 0.6) is 5.75 Å². The van der Waals surface area contributed by atoms with Crippen LogP contribution in [0, 0.1) is 0 Å². The molecule has 0 aliphatic heterocycles. The number of ether oxygens (including phenoxy) is 1. The normalized spacial score (nSPS) is 12.4. The first-order chi connectivity index (χ1) is 7.72. The SMILES string of the molecule is COc1ccccc1-c1noc([C@@H](C)N)n1. The molecule has 1 aromatic carbocycles.